The first-order valence-electron chi connectivity index (χ1n) is 7.56. The molecule has 0 aromatic heterocycles. The summed E-state index contributed by atoms with van der Waals surface area (Å²) in [6.07, 6.45) is 2.93. The maximum absolute atomic E-state index is 9.73. The Kier molecular flexibility index (Phi) is 11.6. The van der Waals surface area contributed by atoms with E-state index in [1.54, 1.807) is 0 Å². The van der Waals surface area contributed by atoms with Gasteiger partial charge in [0.25, 0.3) is 0 Å². The molecule has 0 fully saturated rings. The number of rotatable bonds is 13. The van der Waals surface area contributed by atoms with Crippen molar-refractivity contribution in [3.05, 3.63) is 0 Å². The van der Waals surface area contributed by atoms with Gasteiger partial charge in [-0.3, -0.25) is 0 Å². The van der Waals surface area contributed by atoms with Crippen LogP contribution in [0.25, 0.3) is 0 Å². The third-order valence-corrected chi connectivity index (χ3v) is 3.27. The van der Waals surface area contributed by atoms with Gasteiger partial charge >= 0.3 is 0 Å². The first kappa shape index (κ1) is 18.8. The van der Waals surface area contributed by atoms with Crippen LogP contribution in [0.2, 0.25) is 0 Å². The zero-order chi connectivity index (χ0) is 14.6. The van der Waals surface area contributed by atoms with Gasteiger partial charge in [0, 0.05) is 19.7 Å². The minimum Gasteiger partial charge on any atom is -0.389 e. The van der Waals surface area contributed by atoms with Crippen LogP contribution >= 0.6 is 0 Å². The highest BCUT2D eigenvalue weighted by Crippen LogP contribution is 2.17. The summed E-state index contributed by atoms with van der Waals surface area (Å²) in [5, 5.41) is 13.0. The van der Waals surface area contributed by atoms with Gasteiger partial charge in [-0.25, -0.2) is 0 Å². The molecule has 19 heavy (non-hydrogen) atoms. The van der Waals surface area contributed by atoms with Crippen LogP contribution in [-0.4, -0.2) is 50.7 Å². The highest BCUT2D eigenvalue weighted by Gasteiger charge is 2.14. The average Bonchev–Trinajstić information content (AvgIpc) is 2.37. The van der Waals surface area contributed by atoms with Crippen molar-refractivity contribution in [2.45, 2.75) is 53.1 Å². The van der Waals surface area contributed by atoms with Crippen molar-refractivity contribution in [3.8, 4) is 0 Å². The van der Waals surface area contributed by atoms with E-state index in [1.165, 1.54) is 0 Å². The molecule has 0 aromatic rings. The predicted octanol–water partition coefficient (Wildman–Crippen LogP) is 2.21. The highest BCUT2D eigenvalue weighted by atomic mass is 16.5. The maximum Gasteiger partial charge on any atom is 0.0897 e. The fraction of sp³-hybridized carbons (Fsp3) is 1.00. The largest absolute Gasteiger partial charge is 0.389 e. The van der Waals surface area contributed by atoms with Crippen molar-refractivity contribution in [3.63, 3.8) is 0 Å². The number of hydrogen-bond donors (Lipinski definition) is 2. The average molecular weight is 275 g/mol. The molecule has 0 aliphatic rings. The van der Waals surface area contributed by atoms with Crippen LogP contribution in [0, 0.1) is 5.41 Å². The Morgan fingerprint density at radius 1 is 1.11 bits per heavy atom. The molecule has 1 atom stereocenters. The zero-order valence-corrected chi connectivity index (χ0v) is 13.2. The Morgan fingerprint density at radius 3 is 2.42 bits per heavy atom. The Bertz CT molecular complexity index is 198. The molecule has 0 saturated carbocycles. The number of unbranched alkanes of at least 4 members (excludes halogenated alkanes) is 1. The standard InChI is InChI=1S/C15H33NO3/c1-5-7-8-18-9-10-19-12-14(17)11-16-13-15(3,4)6-2/h14,16-17H,5-13H2,1-4H3. The van der Waals surface area contributed by atoms with Crippen LogP contribution in [0.3, 0.4) is 0 Å². The molecule has 0 amide bonds. The van der Waals surface area contributed by atoms with Crippen LogP contribution in [0.4, 0.5) is 0 Å². The van der Waals surface area contributed by atoms with E-state index < -0.39 is 6.10 Å². The lowest BCUT2D eigenvalue weighted by atomic mass is 9.90. The molecular formula is C15H33NO3. The molecular weight excluding hydrogens is 242 g/mol. The molecule has 4 heteroatoms. The fourth-order valence-electron chi connectivity index (χ4n) is 1.45. The van der Waals surface area contributed by atoms with Crippen molar-refractivity contribution < 1.29 is 14.6 Å². The molecule has 0 aromatic carbocycles. The molecule has 0 aliphatic carbocycles. The summed E-state index contributed by atoms with van der Waals surface area (Å²) in [6.45, 7) is 12.6. The minimum atomic E-state index is -0.441. The van der Waals surface area contributed by atoms with Crippen molar-refractivity contribution in [2.24, 2.45) is 5.41 Å². The lowest BCUT2D eigenvalue weighted by molar-refractivity contribution is 0.00339. The van der Waals surface area contributed by atoms with Crippen molar-refractivity contribution in [2.75, 3.05) is 39.5 Å². The monoisotopic (exact) mass is 275 g/mol. The summed E-state index contributed by atoms with van der Waals surface area (Å²) in [5.74, 6) is 0. The Hall–Kier alpha value is -0.160. The first-order valence-corrected chi connectivity index (χ1v) is 7.56. The number of nitrogens with one attached hydrogen (secondary N) is 1. The zero-order valence-electron chi connectivity index (χ0n) is 13.2. The third-order valence-electron chi connectivity index (χ3n) is 3.27. The molecule has 0 spiro atoms. The number of aliphatic hydroxyl groups excluding tert-OH is 1. The summed E-state index contributed by atoms with van der Waals surface area (Å²) in [5.41, 5.74) is 0.285. The molecule has 116 valence electrons. The quantitative estimate of drug-likeness (QED) is 0.506. The van der Waals surface area contributed by atoms with Gasteiger partial charge in [0.2, 0.25) is 0 Å². The topological polar surface area (TPSA) is 50.7 Å². The van der Waals surface area contributed by atoms with Gasteiger partial charge in [-0.15, -0.1) is 0 Å². The Balaban J connectivity index is 3.33. The number of aliphatic hydroxyl groups is 1. The molecule has 1 unspecified atom stereocenters. The summed E-state index contributed by atoms with van der Waals surface area (Å²) < 4.78 is 10.7. The molecule has 0 bridgehead atoms. The molecule has 0 aliphatic heterocycles. The predicted molar refractivity (Wildman–Crippen MR) is 79.5 cm³/mol. The van der Waals surface area contributed by atoms with Crippen LogP contribution in [0.5, 0.6) is 0 Å². The molecule has 0 saturated heterocycles. The van der Waals surface area contributed by atoms with E-state index in [0.29, 0.717) is 26.4 Å². The van der Waals surface area contributed by atoms with E-state index in [0.717, 1.165) is 32.4 Å². The van der Waals surface area contributed by atoms with E-state index in [4.69, 9.17) is 9.47 Å². The van der Waals surface area contributed by atoms with Crippen LogP contribution in [0.1, 0.15) is 47.0 Å². The maximum atomic E-state index is 9.73. The lowest BCUT2D eigenvalue weighted by Gasteiger charge is -2.23. The van der Waals surface area contributed by atoms with Gasteiger partial charge in [-0.2, -0.15) is 0 Å². The second-order valence-electron chi connectivity index (χ2n) is 5.84. The molecule has 2 N–H and O–H groups in total. The van der Waals surface area contributed by atoms with E-state index in [2.05, 4.69) is 33.0 Å². The Morgan fingerprint density at radius 2 is 1.79 bits per heavy atom. The van der Waals surface area contributed by atoms with E-state index in [1.807, 2.05) is 0 Å². The second kappa shape index (κ2) is 11.6. The number of hydrogen-bond acceptors (Lipinski definition) is 4. The molecule has 0 radical (unpaired) electrons. The third kappa shape index (κ3) is 12.6. The lowest BCUT2D eigenvalue weighted by Crippen LogP contribution is -2.36. The van der Waals surface area contributed by atoms with E-state index in [9.17, 15) is 5.11 Å². The van der Waals surface area contributed by atoms with Gasteiger partial charge < -0.3 is 19.9 Å². The Labute approximate surface area is 118 Å². The molecule has 0 heterocycles. The van der Waals surface area contributed by atoms with Crippen LogP contribution < -0.4 is 5.32 Å². The van der Waals surface area contributed by atoms with Crippen molar-refractivity contribution in [1.82, 2.24) is 5.32 Å². The summed E-state index contributed by atoms with van der Waals surface area (Å²) in [4.78, 5) is 0. The van der Waals surface area contributed by atoms with Gasteiger partial charge in [0.15, 0.2) is 0 Å². The minimum absolute atomic E-state index is 0.285. The SMILES string of the molecule is CCCCOCCOCC(O)CNCC(C)(C)CC. The van der Waals surface area contributed by atoms with Gasteiger partial charge in [-0.1, -0.05) is 34.1 Å². The first-order chi connectivity index (χ1) is 9.02. The summed E-state index contributed by atoms with van der Waals surface area (Å²) in [6, 6.07) is 0. The summed E-state index contributed by atoms with van der Waals surface area (Å²) >= 11 is 0. The smallest absolute Gasteiger partial charge is 0.0897 e. The summed E-state index contributed by atoms with van der Waals surface area (Å²) in [7, 11) is 0. The van der Waals surface area contributed by atoms with E-state index >= 15 is 0 Å². The van der Waals surface area contributed by atoms with Gasteiger partial charge in [0.05, 0.1) is 25.9 Å². The van der Waals surface area contributed by atoms with Crippen LogP contribution in [0.15, 0.2) is 0 Å². The highest BCUT2D eigenvalue weighted by molar-refractivity contribution is 4.70. The van der Waals surface area contributed by atoms with Crippen molar-refractivity contribution >= 4 is 0 Å². The van der Waals surface area contributed by atoms with Crippen molar-refractivity contribution in [1.29, 1.82) is 0 Å². The van der Waals surface area contributed by atoms with Gasteiger partial charge in [-0.05, 0) is 18.3 Å². The second-order valence-corrected chi connectivity index (χ2v) is 5.84. The fourth-order valence-corrected chi connectivity index (χ4v) is 1.45. The molecule has 0 rings (SSSR count). The van der Waals surface area contributed by atoms with Gasteiger partial charge in [0.1, 0.15) is 0 Å². The number of ether oxygens (including phenoxy) is 2. The molecule has 4 nitrogen and oxygen atoms in total. The normalized spacial score (nSPS) is 13.7. The van der Waals surface area contributed by atoms with Crippen LogP contribution in [-0.2, 0) is 9.47 Å². The van der Waals surface area contributed by atoms with E-state index in [-0.39, 0.29) is 5.41 Å².